The molecule has 1 aromatic rings. The van der Waals surface area contributed by atoms with Gasteiger partial charge >= 0.3 is 0 Å². The van der Waals surface area contributed by atoms with Crippen LogP contribution in [0.2, 0.25) is 0 Å². The topological polar surface area (TPSA) is 116 Å². The Kier molecular flexibility index (Phi) is 6.26. The van der Waals surface area contributed by atoms with Gasteiger partial charge in [0.05, 0.1) is 11.4 Å². The van der Waals surface area contributed by atoms with Gasteiger partial charge in [0, 0.05) is 51.4 Å². The maximum Gasteiger partial charge on any atom is 0.253 e. The van der Waals surface area contributed by atoms with E-state index >= 15 is 0 Å². The Morgan fingerprint density at radius 3 is 2.29 bits per heavy atom. The highest BCUT2D eigenvalue weighted by atomic mass is 32.2. The average Bonchev–Trinajstić information content (AvgIpc) is 3.33. The summed E-state index contributed by atoms with van der Waals surface area (Å²) in [6.07, 6.45) is 1.28. The summed E-state index contributed by atoms with van der Waals surface area (Å²) in [5, 5.41) is 2.60. The molecule has 1 aromatic carbocycles. The number of hydrogen-bond acceptors (Lipinski definition) is 6. The van der Waals surface area contributed by atoms with Crippen molar-refractivity contribution in [1.82, 2.24) is 19.4 Å². The zero-order valence-corrected chi connectivity index (χ0v) is 18.0. The number of carbonyl (C=O) groups is 3. The van der Waals surface area contributed by atoms with Gasteiger partial charge in [-0.3, -0.25) is 14.4 Å². The minimum atomic E-state index is -3.80. The number of carbonyl (C=O) groups excluding carboxylic acids is 3. The van der Waals surface area contributed by atoms with Crippen molar-refractivity contribution in [2.45, 2.75) is 23.8 Å². The minimum absolute atomic E-state index is 0.00875. The Hall–Kier alpha value is -2.50. The van der Waals surface area contributed by atoms with Crippen molar-refractivity contribution in [3.8, 4) is 0 Å². The Labute approximate surface area is 181 Å². The number of nitrogens with one attached hydrogen (secondary N) is 1. The predicted octanol–water partition coefficient (Wildman–Crippen LogP) is -0.729. The van der Waals surface area contributed by atoms with E-state index in [0.717, 1.165) is 17.1 Å². The number of piperazine rings is 2. The average molecular weight is 451 g/mol. The number of benzene rings is 1. The van der Waals surface area contributed by atoms with Crippen molar-refractivity contribution in [3.63, 3.8) is 0 Å². The lowest BCUT2D eigenvalue weighted by molar-refractivity contribution is -0.142. The fourth-order valence-electron chi connectivity index (χ4n) is 4.03. The van der Waals surface area contributed by atoms with Crippen LogP contribution in [0.3, 0.4) is 0 Å². The van der Waals surface area contributed by atoms with Crippen molar-refractivity contribution >= 4 is 27.7 Å². The molecular formula is C20H26N4O6S. The Balaban J connectivity index is 1.36. The van der Waals surface area contributed by atoms with E-state index in [4.69, 9.17) is 4.74 Å². The van der Waals surface area contributed by atoms with Crippen molar-refractivity contribution in [3.05, 3.63) is 29.8 Å². The number of amides is 3. The molecule has 0 radical (unpaired) electrons. The highest BCUT2D eigenvalue weighted by Gasteiger charge is 2.32. The summed E-state index contributed by atoms with van der Waals surface area (Å²) in [5.74, 6) is -0.546. The molecule has 0 saturated carbocycles. The van der Waals surface area contributed by atoms with Gasteiger partial charge in [0.15, 0.2) is 0 Å². The second-order valence-electron chi connectivity index (χ2n) is 7.83. The van der Waals surface area contributed by atoms with Crippen LogP contribution in [-0.2, 0) is 24.3 Å². The molecule has 3 saturated heterocycles. The van der Waals surface area contributed by atoms with Gasteiger partial charge in [-0.05, 0) is 37.1 Å². The van der Waals surface area contributed by atoms with E-state index in [0.29, 0.717) is 38.3 Å². The molecule has 168 valence electrons. The molecule has 0 bridgehead atoms. The SMILES string of the molecule is O=C1CN(S(=O)(=O)c2ccc(C(=O)N3CCN(C(=O)C4CCCO4)CC3)cc2)CCN1. The summed E-state index contributed by atoms with van der Waals surface area (Å²) < 4.78 is 32.0. The monoisotopic (exact) mass is 450 g/mol. The molecule has 3 aliphatic rings. The van der Waals surface area contributed by atoms with Gasteiger partial charge in [0.2, 0.25) is 15.9 Å². The van der Waals surface area contributed by atoms with E-state index in [9.17, 15) is 22.8 Å². The molecule has 31 heavy (non-hydrogen) atoms. The first-order chi connectivity index (χ1) is 14.9. The van der Waals surface area contributed by atoms with Gasteiger partial charge in [-0.2, -0.15) is 4.31 Å². The first kappa shape index (κ1) is 21.7. The molecule has 0 aliphatic carbocycles. The Morgan fingerprint density at radius 2 is 1.68 bits per heavy atom. The number of nitrogens with zero attached hydrogens (tertiary/aromatic N) is 3. The number of sulfonamides is 1. The second kappa shape index (κ2) is 8.93. The first-order valence-electron chi connectivity index (χ1n) is 10.4. The van der Waals surface area contributed by atoms with Crippen LogP contribution in [0.5, 0.6) is 0 Å². The minimum Gasteiger partial charge on any atom is -0.368 e. The summed E-state index contributed by atoms with van der Waals surface area (Å²) in [6.45, 7) is 2.63. The zero-order chi connectivity index (χ0) is 22.0. The summed E-state index contributed by atoms with van der Waals surface area (Å²) >= 11 is 0. The van der Waals surface area contributed by atoms with Crippen LogP contribution in [0, 0.1) is 0 Å². The maximum atomic E-state index is 12.8. The molecule has 10 nitrogen and oxygen atoms in total. The highest BCUT2D eigenvalue weighted by molar-refractivity contribution is 7.89. The molecule has 0 aromatic heterocycles. The lowest BCUT2D eigenvalue weighted by Gasteiger charge is -2.35. The molecule has 3 aliphatic heterocycles. The molecule has 3 fully saturated rings. The van der Waals surface area contributed by atoms with Crippen LogP contribution in [0.25, 0.3) is 0 Å². The van der Waals surface area contributed by atoms with Crippen LogP contribution in [-0.4, -0.2) is 98.8 Å². The molecular weight excluding hydrogens is 424 g/mol. The van der Waals surface area contributed by atoms with Gasteiger partial charge in [0.25, 0.3) is 11.8 Å². The summed E-state index contributed by atoms with van der Waals surface area (Å²) in [5.41, 5.74) is 0.384. The highest BCUT2D eigenvalue weighted by Crippen LogP contribution is 2.19. The summed E-state index contributed by atoms with van der Waals surface area (Å²) in [4.78, 5) is 40.2. The van der Waals surface area contributed by atoms with Crippen molar-refractivity contribution in [1.29, 1.82) is 0 Å². The normalized spacial score (nSPS) is 23.0. The molecule has 3 heterocycles. The fraction of sp³-hybridized carbons (Fsp3) is 0.550. The molecule has 1 unspecified atom stereocenters. The number of rotatable bonds is 4. The molecule has 11 heteroatoms. The third kappa shape index (κ3) is 4.58. The standard InChI is InChI=1S/C20H26N4O6S/c25-18-14-24(8-7-21-18)31(28,29)16-5-3-15(4-6-16)19(26)22-9-11-23(12-10-22)20(27)17-2-1-13-30-17/h3-6,17H,1-2,7-14H2,(H,21,25). The second-order valence-corrected chi connectivity index (χ2v) is 9.77. The molecule has 4 rings (SSSR count). The third-order valence-electron chi connectivity index (χ3n) is 5.83. The van der Waals surface area contributed by atoms with E-state index in [-0.39, 0.29) is 48.4 Å². The predicted molar refractivity (Wildman–Crippen MR) is 110 cm³/mol. The fourth-order valence-corrected chi connectivity index (χ4v) is 5.42. The zero-order valence-electron chi connectivity index (χ0n) is 17.2. The van der Waals surface area contributed by atoms with Crippen molar-refractivity contribution in [2.75, 3.05) is 52.4 Å². The lowest BCUT2D eigenvalue weighted by Crippen LogP contribution is -2.52. The largest absolute Gasteiger partial charge is 0.368 e. The Morgan fingerprint density at radius 1 is 1.00 bits per heavy atom. The van der Waals surface area contributed by atoms with Gasteiger partial charge in [-0.1, -0.05) is 0 Å². The van der Waals surface area contributed by atoms with Crippen LogP contribution < -0.4 is 5.32 Å². The van der Waals surface area contributed by atoms with Crippen LogP contribution in [0.15, 0.2) is 29.2 Å². The van der Waals surface area contributed by atoms with Gasteiger partial charge in [-0.15, -0.1) is 0 Å². The van der Waals surface area contributed by atoms with Crippen LogP contribution >= 0.6 is 0 Å². The first-order valence-corrected chi connectivity index (χ1v) is 11.9. The third-order valence-corrected chi connectivity index (χ3v) is 7.69. The lowest BCUT2D eigenvalue weighted by atomic mass is 10.1. The molecule has 3 amide bonds. The smallest absolute Gasteiger partial charge is 0.253 e. The summed E-state index contributed by atoms with van der Waals surface area (Å²) in [6, 6.07) is 5.77. The van der Waals surface area contributed by atoms with E-state index in [1.165, 1.54) is 24.3 Å². The van der Waals surface area contributed by atoms with E-state index in [2.05, 4.69) is 5.32 Å². The molecule has 0 spiro atoms. The van der Waals surface area contributed by atoms with E-state index in [1.807, 2.05) is 0 Å². The number of ether oxygens (including phenoxy) is 1. The van der Waals surface area contributed by atoms with Gasteiger partial charge < -0.3 is 19.9 Å². The summed E-state index contributed by atoms with van der Waals surface area (Å²) in [7, 11) is -3.80. The van der Waals surface area contributed by atoms with Crippen LogP contribution in [0.1, 0.15) is 23.2 Å². The molecule has 1 atom stereocenters. The number of hydrogen-bond donors (Lipinski definition) is 1. The van der Waals surface area contributed by atoms with Crippen molar-refractivity contribution < 1.29 is 27.5 Å². The van der Waals surface area contributed by atoms with E-state index in [1.54, 1.807) is 9.80 Å². The van der Waals surface area contributed by atoms with Gasteiger partial charge in [-0.25, -0.2) is 8.42 Å². The quantitative estimate of drug-likeness (QED) is 0.647. The van der Waals surface area contributed by atoms with Gasteiger partial charge in [0.1, 0.15) is 6.10 Å². The van der Waals surface area contributed by atoms with Crippen LogP contribution in [0.4, 0.5) is 0 Å². The van der Waals surface area contributed by atoms with Crippen molar-refractivity contribution in [2.24, 2.45) is 0 Å². The van der Waals surface area contributed by atoms with E-state index < -0.39 is 10.0 Å². The maximum absolute atomic E-state index is 12.8. The Bertz CT molecular complexity index is 950. The molecule has 1 N–H and O–H groups in total.